The Bertz CT molecular complexity index is 778. The Morgan fingerprint density at radius 2 is 2.07 bits per heavy atom. The molecule has 0 aliphatic carbocycles. The molecule has 1 atom stereocenters. The van der Waals surface area contributed by atoms with Crippen LogP contribution in [0.4, 0.5) is 5.82 Å². The quantitative estimate of drug-likeness (QED) is 0.732. The Hall–Kier alpha value is -2.87. The van der Waals surface area contributed by atoms with Gasteiger partial charge in [-0.2, -0.15) is 0 Å². The van der Waals surface area contributed by atoms with Crippen LogP contribution < -0.4 is 20.1 Å². The van der Waals surface area contributed by atoms with Crippen molar-refractivity contribution in [2.45, 2.75) is 25.5 Å². The molecule has 27 heavy (non-hydrogen) atoms. The zero-order valence-electron chi connectivity index (χ0n) is 15.5. The molecule has 1 saturated heterocycles. The van der Waals surface area contributed by atoms with Gasteiger partial charge in [0.25, 0.3) is 5.91 Å². The minimum atomic E-state index is -0.271. The van der Waals surface area contributed by atoms with Gasteiger partial charge >= 0.3 is 0 Å². The molecule has 2 N–H and O–H groups in total. The number of hydrogen-bond donors (Lipinski definition) is 2. The molecule has 8 nitrogen and oxygen atoms in total. The molecule has 0 saturated carbocycles. The van der Waals surface area contributed by atoms with Gasteiger partial charge in [0, 0.05) is 25.8 Å². The van der Waals surface area contributed by atoms with Crippen LogP contribution in [-0.2, 0) is 11.3 Å². The van der Waals surface area contributed by atoms with E-state index in [-0.39, 0.29) is 12.0 Å². The second-order valence-electron chi connectivity index (χ2n) is 6.18. The van der Waals surface area contributed by atoms with E-state index < -0.39 is 0 Å². The molecule has 0 bridgehead atoms. The molecule has 0 spiro atoms. The first kappa shape index (κ1) is 18.9. The van der Waals surface area contributed by atoms with Gasteiger partial charge in [0.15, 0.2) is 11.5 Å². The third-order valence-corrected chi connectivity index (χ3v) is 4.34. The molecule has 3 rings (SSSR count). The van der Waals surface area contributed by atoms with Crippen LogP contribution in [0.25, 0.3) is 0 Å². The number of rotatable bonds is 8. The van der Waals surface area contributed by atoms with E-state index in [1.165, 1.54) is 6.33 Å². The van der Waals surface area contributed by atoms with Gasteiger partial charge in [0.05, 0.1) is 20.3 Å². The molecule has 1 unspecified atom stereocenters. The summed E-state index contributed by atoms with van der Waals surface area (Å²) in [5.41, 5.74) is 1.20. The first-order valence-electron chi connectivity index (χ1n) is 8.86. The van der Waals surface area contributed by atoms with Crippen LogP contribution in [0.15, 0.2) is 30.6 Å². The number of ether oxygens (including phenoxy) is 3. The Morgan fingerprint density at radius 3 is 2.81 bits per heavy atom. The number of benzene rings is 1. The zero-order chi connectivity index (χ0) is 19.1. The normalized spacial score (nSPS) is 16.0. The van der Waals surface area contributed by atoms with Crippen LogP contribution in [-0.4, -0.2) is 49.4 Å². The van der Waals surface area contributed by atoms with Gasteiger partial charge in [0.1, 0.15) is 17.8 Å². The number of amides is 1. The van der Waals surface area contributed by atoms with Crippen LogP contribution in [0.5, 0.6) is 11.5 Å². The second kappa shape index (κ2) is 9.18. The molecule has 1 aromatic carbocycles. The number of nitrogens with one attached hydrogen (secondary N) is 2. The maximum Gasteiger partial charge on any atom is 0.270 e. The summed E-state index contributed by atoms with van der Waals surface area (Å²) in [7, 11) is 3.16. The monoisotopic (exact) mass is 372 g/mol. The molecular weight excluding hydrogens is 348 g/mol. The van der Waals surface area contributed by atoms with E-state index in [9.17, 15) is 4.79 Å². The third kappa shape index (κ3) is 5.07. The summed E-state index contributed by atoms with van der Waals surface area (Å²) in [5.74, 6) is 1.60. The van der Waals surface area contributed by atoms with Crippen molar-refractivity contribution in [2.75, 3.05) is 32.7 Å². The van der Waals surface area contributed by atoms with Gasteiger partial charge in [-0.1, -0.05) is 6.07 Å². The molecule has 1 amide bonds. The van der Waals surface area contributed by atoms with Crippen molar-refractivity contribution in [3.8, 4) is 11.5 Å². The summed E-state index contributed by atoms with van der Waals surface area (Å²) in [4.78, 5) is 20.6. The predicted octanol–water partition coefficient (Wildman–Crippen LogP) is 2.01. The molecule has 1 aromatic heterocycles. The fourth-order valence-electron chi connectivity index (χ4n) is 2.87. The van der Waals surface area contributed by atoms with Gasteiger partial charge < -0.3 is 24.8 Å². The molecule has 144 valence electrons. The van der Waals surface area contributed by atoms with Gasteiger partial charge in [-0.05, 0) is 30.5 Å². The lowest BCUT2D eigenvalue weighted by atomic mass is 10.2. The number of methoxy groups -OCH3 is 2. The van der Waals surface area contributed by atoms with Crippen molar-refractivity contribution in [2.24, 2.45) is 0 Å². The minimum absolute atomic E-state index is 0.197. The van der Waals surface area contributed by atoms with Crippen LogP contribution in [0, 0.1) is 0 Å². The fourth-order valence-corrected chi connectivity index (χ4v) is 2.87. The standard InChI is InChI=1S/C19H24N4O4/c1-25-16-6-5-13(8-17(16)26-2)10-21-19(24)15-9-18(23-12-22-15)20-11-14-4-3-7-27-14/h5-6,8-9,12,14H,3-4,7,10-11H2,1-2H3,(H,21,24)(H,20,22,23). The number of nitrogens with zero attached hydrogens (tertiary/aromatic N) is 2. The smallest absolute Gasteiger partial charge is 0.270 e. The van der Waals surface area contributed by atoms with Crippen molar-refractivity contribution < 1.29 is 19.0 Å². The van der Waals surface area contributed by atoms with Crippen molar-refractivity contribution in [3.05, 3.63) is 41.9 Å². The summed E-state index contributed by atoms with van der Waals surface area (Å²) in [6.45, 7) is 1.82. The summed E-state index contributed by atoms with van der Waals surface area (Å²) < 4.78 is 16.1. The van der Waals surface area contributed by atoms with Gasteiger partial charge in [-0.3, -0.25) is 4.79 Å². The van der Waals surface area contributed by atoms with E-state index in [1.54, 1.807) is 26.4 Å². The van der Waals surface area contributed by atoms with Crippen LogP contribution in [0.3, 0.4) is 0 Å². The summed E-state index contributed by atoms with van der Waals surface area (Å²) in [6.07, 6.45) is 3.70. The topological polar surface area (TPSA) is 94.6 Å². The fraction of sp³-hybridized carbons (Fsp3) is 0.421. The Morgan fingerprint density at radius 1 is 1.22 bits per heavy atom. The average Bonchev–Trinajstić information content (AvgIpc) is 3.24. The first-order chi connectivity index (χ1) is 13.2. The van der Waals surface area contributed by atoms with Crippen molar-refractivity contribution in [3.63, 3.8) is 0 Å². The molecule has 2 aromatic rings. The number of anilines is 1. The maximum atomic E-state index is 12.4. The number of hydrogen-bond acceptors (Lipinski definition) is 7. The van der Waals surface area contributed by atoms with Crippen LogP contribution in [0.2, 0.25) is 0 Å². The highest BCUT2D eigenvalue weighted by atomic mass is 16.5. The zero-order valence-corrected chi connectivity index (χ0v) is 15.5. The largest absolute Gasteiger partial charge is 0.493 e. The molecule has 1 aliphatic heterocycles. The first-order valence-corrected chi connectivity index (χ1v) is 8.86. The summed E-state index contributed by atoms with van der Waals surface area (Å²) >= 11 is 0. The van der Waals surface area contributed by atoms with E-state index >= 15 is 0 Å². The van der Waals surface area contributed by atoms with Gasteiger partial charge in [0.2, 0.25) is 0 Å². The molecular formula is C19H24N4O4. The second-order valence-corrected chi connectivity index (χ2v) is 6.18. The molecule has 2 heterocycles. The minimum Gasteiger partial charge on any atom is -0.493 e. The number of aromatic nitrogens is 2. The molecule has 1 fully saturated rings. The Kier molecular flexibility index (Phi) is 6.43. The number of carbonyl (C=O) groups excluding carboxylic acids is 1. The molecule has 8 heteroatoms. The maximum absolute atomic E-state index is 12.4. The highest BCUT2D eigenvalue weighted by Crippen LogP contribution is 2.27. The van der Waals surface area contributed by atoms with E-state index in [0.29, 0.717) is 36.1 Å². The highest BCUT2D eigenvalue weighted by molar-refractivity contribution is 5.92. The highest BCUT2D eigenvalue weighted by Gasteiger charge is 2.16. The van der Waals surface area contributed by atoms with Crippen LogP contribution in [0.1, 0.15) is 28.9 Å². The van der Waals surface area contributed by atoms with E-state index in [1.807, 2.05) is 12.1 Å². The van der Waals surface area contributed by atoms with Gasteiger partial charge in [-0.15, -0.1) is 0 Å². The third-order valence-electron chi connectivity index (χ3n) is 4.34. The Balaban J connectivity index is 1.56. The van der Waals surface area contributed by atoms with Crippen molar-refractivity contribution in [1.29, 1.82) is 0 Å². The Labute approximate surface area is 158 Å². The average molecular weight is 372 g/mol. The van der Waals surface area contributed by atoms with Crippen molar-refractivity contribution >= 4 is 11.7 Å². The van der Waals surface area contributed by atoms with E-state index in [0.717, 1.165) is 25.0 Å². The lowest BCUT2D eigenvalue weighted by Gasteiger charge is -2.12. The van der Waals surface area contributed by atoms with E-state index in [2.05, 4.69) is 20.6 Å². The van der Waals surface area contributed by atoms with E-state index in [4.69, 9.17) is 14.2 Å². The summed E-state index contributed by atoms with van der Waals surface area (Å²) in [6, 6.07) is 7.14. The predicted molar refractivity (Wildman–Crippen MR) is 100 cm³/mol. The summed E-state index contributed by atoms with van der Waals surface area (Å²) in [5, 5.41) is 6.05. The van der Waals surface area contributed by atoms with Crippen molar-refractivity contribution in [1.82, 2.24) is 15.3 Å². The lowest BCUT2D eigenvalue weighted by Crippen LogP contribution is -2.24. The number of carbonyl (C=O) groups is 1. The SMILES string of the molecule is COc1ccc(CNC(=O)c2cc(NCC3CCCO3)ncn2)cc1OC. The van der Waals surface area contributed by atoms with Crippen LogP contribution >= 0.6 is 0 Å². The lowest BCUT2D eigenvalue weighted by molar-refractivity contribution is 0.0945. The molecule has 0 radical (unpaired) electrons. The molecule has 1 aliphatic rings. The van der Waals surface area contributed by atoms with Gasteiger partial charge in [-0.25, -0.2) is 9.97 Å².